The zero-order valence-corrected chi connectivity index (χ0v) is 16.8. The molecule has 2 heterocycles. The van der Waals surface area contributed by atoms with E-state index in [1.165, 1.54) is 29.9 Å². The fraction of sp³-hybridized carbons (Fsp3) is 0.278. The van der Waals surface area contributed by atoms with E-state index in [-0.39, 0.29) is 10.5 Å². The van der Waals surface area contributed by atoms with Gasteiger partial charge in [-0.1, -0.05) is 0 Å². The molecule has 1 aromatic carbocycles. The third kappa shape index (κ3) is 3.69. The monoisotopic (exact) mass is 403 g/mol. The number of likely N-dealkylation sites (N-methyl/N-ethyl adjacent to an activating group) is 1. The number of aromatic nitrogens is 3. The Labute approximate surface area is 162 Å². The van der Waals surface area contributed by atoms with E-state index >= 15 is 0 Å². The minimum absolute atomic E-state index is 0.0377. The molecule has 0 spiro atoms. The summed E-state index contributed by atoms with van der Waals surface area (Å²) in [5.74, 6) is -0.554. The first-order valence-corrected chi connectivity index (χ1v) is 9.92. The molecule has 0 aliphatic rings. The molecule has 0 radical (unpaired) electrons. The van der Waals surface area contributed by atoms with E-state index in [9.17, 15) is 18.0 Å². The molecule has 0 aliphatic carbocycles. The minimum Gasteiger partial charge on any atom is -0.325 e. The smallest absolute Gasteiger partial charge is 0.252 e. The summed E-state index contributed by atoms with van der Waals surface area (Å²) in [7, 11) is -1.04. The van der Waals surface area contributed by atoms with Crippen LogP contribution in [0.3, 0.4) is 0 Å². The van der Waals surface area contributed by atoms with E-state index in [0.29, 0.717) is 11.2 Å². The van der Waals surface area contributed by atoms with E-state index in [2.05, 4.69) is 15.5 Å². The summed E-state index contributed by atoms with van der Waals surface area (Å²) in [4.78, 5) is 24.0. The Morgan fingerprint density at radius 3 is 2.68 bits per heavy atom. The molecule has 0 saturated heterocycles. The predicted octanol–water partition coefficient (Wildman–Crippen LogP) is 1.14. The van der Waals surface area contributed by atoms with Crippen LogP contribution in [-0.2, 0) is 21.9 Å². The fourth-order valence-corrected chi connectivity index (χ4v) is 4.18. The molecule has 0 bridgehead atoms. The van der Waals surface area contributed by atoms with Gasteiger partial charge in [-0.2, -0.15) is 9.40 Å². The second kappa shape index (κ2) is 7.21. The second-order valence-corrected chi connectivity index (χ2v) is 8.69. The van der Waals surface area contributed by atoms with E-state index in [0.717, 1.165) is 20.9 Å². The van der Waals surface area contributed by atoms with Crippen molar-refractivity contribution in [1.82, 2.24) is 19.1 Å². The average molecular weight is 403 g/mol. The molecule has 3 rings (SSSR count). The van der Waals surface area contributed by atoms with Crippen LogP contribution in [0.5, 0.6) is 0 Å². The highest BCUT2D eigenvalue weighted by molar-refractivity contribution is 7.89. The van der Waals surface area contributed by atoms with Gasteiger partial charge in [0.15, 0.2) is 0 Å². The Kier molecular flexibility index (Phi) is 5.09. The largest absolute Gasteiger partial charge is 0.325 e. The normalized spacial score (nSPS) is 11.9. The van der Waals surface area contributed by atoms with Crippen LogP contribution >= 0.6 is 0 Å². The summed E-state index contributed by atoms with van der Waals surface area (Å²) < 4.78 is 28.4. The molecule has 0 fully saturated rings. The molecule has 0 saturated carbocycles. The molecular formula is C18H21N5O4S. The zero-order valence-electron chi connectivity index (χ0n) is 16.0. The molecule has 9 nitrogen and oxygen atoms in total. The van der Waals surface area contributed by atoms with E-state index in [4.69, 9.17) is 0 Å². The van der Waals surface area contributed by atoms with Crippen LogP contribution in [0.1, 0.15) is 11.3 Å². The van der Waals surface area contributed by atoms with Crippen LogP contribution in [0.4, 0.5) is 5.69 Å². The number of carbonyl (C=O) groups is 1. The number of hydrogen-bond donors (Lipinski definition) is 2. The van der Waals surface area contributed by atoms with Gasteiger partial charge in [0.1, 0.15) is 10.4 Å². The van der Waals surface area contributed by atoms with Crippen molar-refractivity contribution in [1.29, 1.82) is 0 Å². The second-order valence-electron chi connectivity index (χ2n) is 6.68. The van der Waals surface area contributed by atoms with Crippen LogP contribution in [0, 0.1) is 13.8 Å². The maximum absolute atomic E-state index is 13.0. The molecule has 0 aliphatic heterocycles. The van der Waals surface area contributed by atoms with E-state index < -0.39 is 22.5 Å². The Hall–Kier alpha value is -2.98. The van der Waals surface area contributed by atoms with Crippen molar-refractivity contribution in [3.8, 4) is 0 Å². The van der Waals surface area contributed by atoms with Gasteiger partial charge in [0.25, 0.3) is 5.56 Å². The lowest BCUT2D eigenvalue weighted by Crippen LogP contribution is -2.35. The molecule has 148 valence electrons. The number of hydrogen-bond acceptors (Lipinski definition) is 5. The number of sulfonamides is 1. The third-order valence-electron chi connectivity index (χ3n) is 4.40. The number of anilines is 1. The molecule has 2 N–H and O–H groups in total. The molecule has 10 heteroatoms. The first-order valence-electron chi connectivity index (χ1n) is 8.48. The Balaban J connectivity index is 1.85. The quantitative estimate of drug-likeness (QED) is 0.662. The van der Waals surface area contributed by atoms with Crippen molar-refractivity contribution in [2.45, 2.75) is 18.7 Å². The van der Waals surface area contributed by atoms with Crippen LogP contribution in [-0.4, -0.2) is 47.0 Å². The maximum atomic E-state index is 13.0. The van der Waals surface area contributed by atoms with Gasteiger partial charge in [-0.05, 0) is 37.6 Å². The molecular weight excluding hydrogens is 382 g/mol. The Morgan fingerprint density at radius 1 is 1.29 bits per heavy atom. The first kappa shape index (κ1) is 19.8. The van der Waals surface area contributed by atoms with Crippen LogP contribution in [0.25, 0.3) is 10.9 Å². The molecule has 2 aromatic heterocycles. The summed E-state index contributed by atoms with van der Waals surface area (Å²) in [6.45, 7) is 3.20. The number of amides is 1. The number of rotatable bonds is 5. The summed E-state index contributed by atoms with van der Waals surface area (Å²) in [5, 5.41) is 10.2. The zero-order chi connectivity index (χ0) is 20.6. The van der Waals surface area contributed by atoms with Crippen molar-refractivity contribution in [2.24, 2.45) is 7.05 Å². The lowest BCUT2D eigenvalue weighted by molar-refractivity contribution is -0.116. The van der Waals surface area contributed by atoms with Crippen molar-refractivity contribution in [3.63, 3.8) is 0 Å². The highest BCUT2D eigenvalue weighted by Crippen LogP contribution is 2.27. The Morgan fingerprint density at radius 2 is 2.00 bits per heavy atom. The van der Waals surface area contributed by atoms with Gasteiger partial charge in [0, 0.05) is 43.1 Å². The number of nitrogens with zero attached hydrogens (tertiary/aromatic N) is 3. The van der Waals surface area contributed by atoms with Gasteiger partial charge < -0.3 is 9.88 Å². The highest BCUT2D eigenvalue weighted by Gasteiger charge is 2.27. The molecule has 3 aromatic rings. The van der Waals surface area contributed by atoms with Gasteiger partial charge in [0.05, 0.1) is 6.54 Å². The maximum Gasteiger partial charge on any atom is 0.252 e. The molecule has 0 unspecified atom stereocenters. The number of aryl methyl sites for hydroxylation is 3. The summed E-state index contributed by atoms with van der Waals surface area (Å²) in [5.41, 5.74) is 1.89. The number of pyridine rings is 1. The lowest BCUT2D eigenvalue weighted by atomic mass is 10.1. The lowest BCUT2D eigenvalue weighted by Gasteiger charge is -2.17. The van der Waals surface area contributed by atoms with Gasteiger partial charge in [-0.25, -0.2) is 8.42 Å². The van der Waals surface area contributed by atoms with Crippen molar-refractivity contribution in [3.05, 3.63) is 52.1 Å². The number of fused-ring (bicyclic) bond motifs is 1. The minimum atomic E-state index is -3.95. The fourth-order valence-electron chi connectivity index (χ4n) is 2.83. The van der Waals surface area contributed by atoms with Crippen molar-refractivity contribution >= 4 is 32.5 Å². The summed E-state index contributed by atoms with van der Waals surface area (Å²) >= 11 is 0. The number of benzene rings is 1. The predicted molar refractivity (Wildman–Crippen MR) is 106 cm³/mol. The van der Waals surface area contributed by atoms with Gasteiger partial charge in [-0.15, -0.1) is 0 Å². The number of nitrogens with one attached hydrogen (secondary N) is 2. The van der Waals surface area contributed by atoms with E-state index in [1.807, 2.05) is 13.0 Å². The summed E-state index contributed by atoms with van der Waals surface area (Å²) in [6.07, 6.45) is 1.52. The summed E-state index contributed by atoms with van der Waals surface area (Å²) in [6, 6.07) is 6.22. The first-order chi connectivity index (χ1) is 13.1. The standard InChI is InChI=1S/C18H21N5O4S/c1-11-7-14-12(2)20-21-18(14)15(8-11)28(26,27)23(4)10-16(24)19-13-5-6-22(3)17(25)9-13/h5-9H,10H2,1-4H3,(H,19,24)(H,20,21). The van der Waals surface area contributed by atoms with Gasteiger partial charge in [-0.3, -0.25) is 14.7 Å². The topological polar surface area (TPSA) is 117 Å². The molecule has 0 atom stereocenters. The SMILES string of the molecule is Cc1cc(S(=O)(=O)N(C)CC(=O)Nc2ccn(C)c(=O)c2)c2n[nH]c(C)c2c1. The Bertz CT molecular complexity index is 1230. The van der Waals surface area contributed by atoms with Crippen molar-refractivity contribution in [2.75, 3.05) is 18.9 Å². The van der Waals surface area contributed by atoms with Gasteiger partial charge >= 0.3 is 0 Å². The van der Waals surface area contributed by atoms with Crippen molar-refractivity contribution < 1.29 is 13.2 Å². The number of carbonyl (C=O) groups excluding carboxylic acids is 1. The number of aromatic amines is 1. The highest BCUT2D eigenvalue weighted by atomic mass is 32.2. The molecule has 1 amide bonds. The van der Waals surface area contributed by atoms with Crippen LogP contribution in [0.15, 0.2) is 40.2 Å². The third-order valence-corrected chi connectivity index (χ3v) is 6.22. The average Bonchev–Trinajstić information content (AvgIpc) is 2.98. The van der Waals surface area contributed by atoms with Gasteiger partial charge in [0.2, 0.25) is 15.9 Å². The van der Waals surface area contributed by atoms with Crippen LogP contribution < -0.4 is 10.9 Å². The van der Waals surface area contributed by atoms with Crippen LogP contribution in [0.2, 0.25) is 0 Å². The van der Waals surface area contributed by atoms with E-state index in [1.54, 1.807) is 20.0 Å². The molecule has 28 heavy (non-hydrogen) atoms. The number of H-pyrrole nitrogens is 1.